The average Bonchev–Trinajstić information content (AvgIpc) is 2.37. The topological polar surface area (TPSA) is 29.1 Å². The van der Waals surface area contributed by atoms with Gasteiger partial charge >= 0.3 is 0 Å². The van der Waals surface area contributed by atoms with Gasteiger partial charge in [-0.3, -0.25) is 4.79 Å². The molecule has 2 aromatic rings. The minimum atomic E-state index is -0.393. The number of aryl methyl sites for hydroxylation is 1. The third-order valence-corrected chi connectivity index (χ3v) is 3.43. The summed E-state index contributed by atoms with van der Waals surface area (Å²) in [6, 6.07) is 9.20. The highest BCUT2D eigenvalue weighted by molar-refractivity contribution is 6.35. The lowest BCUT2D eigenvalue weighted by atomic mass is 10.1. The van der Waals surface area contributed by atoms with E-state index in [9.17, 15) is 9.18 Å². The van der Waals surface area contributed by atoms with Crippen molar-refractivity contribution in [3.05, 3.63) is 63.4 Å². The summed E-state index contributed by atoms with van der Waals surface area (Å²) < 4.78 is 13.1. The molecule has 0 saturated heterocycles. The molecule has 104 valence electrons. The van der Waals surface area contributed by atoms with E-state index in [1.807, 2.05) is 0 Å². The van der Waals surface area contributed by atoms with E-state index in [1.54, 1.807) is 31.2 Å². The Bertz CT molecular complexity index is 658. The summed E-state index contributed by atoms with van der Waals surface area (Å²) in [4.78, 5) is 12.0. The van der Waals surface area contributed by atoms with Gasteiger partial charge in [0.2, 0.25) is 5.91 Å². The van der Waals surface area contributed by atoms with E-state index >= 15 is 0 Å². The fourth-order valence-corrected chi connectivity index (χ4v) is 2.24. The van der Waals surface area contributed by atoms with Gasteiger partial charge in [-0.15, -0.1) is 0 Å². The fraction of sp³-hybridized carbons (Fsp3) is 0.133. The fourth-order valence-electron chi connectivity index (χ4n) is 1.76. The van der Waals surface area contributed by atoms with Gasteiger partial charge in [0.25, 0.3) is 0 Å². The zero-order valence-electron chi connectivity index (χ0n) is 10.7. The monoisotopic (exact) mass is 311 g/mol. The van der Waals surface area contributed by atoms with E-state index in [4.69, 9.17) is 23.2 Å². The van der Waals surface area contributed by atoms with Gasteiger partial charge in [0.1, 0.15) is 5.82 Å². The van der Waals surface area contributed by atoms with Crippen molar-refractivity contribution in [1.29, 1.82) is 0 Å². The Morgan fingerprint density at radius 2 is 1.95 bits per heavy atom. The third-order valence-electron chi connectivity index (χ3n) is 2.84. The van der Waals surface area contributed by atoms with E-state index in [1.165, 1.54) is 12.1 Å². The van der Waals surface area contributed by atoms with Crippen molar-refractivity contribution in [2.24, 2.45) is 0 Å². The van der Waals surface area contributed by atoms with Crippen molar-refractivity contribution < 1.29 is 9.18 Å². The summed E-state index contributed by atoms with van der Waals surface area (Å²) in [6.07, 6.45) is 0.103. The van der Waals surface area contributed by atoms with Crippen LogP contribution in [-0.4, -0.2) is 5.91 Å². The normalized spacial score (nSPS) is 10.4. The molecule has 0 aliphatic carbocycles. The Labute approximate surface area is 126 Å². The lowest BCUT2D eigenvalue weighted by Crippen LogP contribution is -2.15. The highest BCUT2D eigenvalue weighted by Gasteiger charge is 2.09. The number of amides is 1. The predicted octanol–water partition coefficient (Wildman–Crippen LogP) is 4.62. The Hall–Kier alpha value is -1.58. The molecule has 0 spiro atoms. The summed E-state index contributed by atoms with van der Waals surface area (Å²) in [5, 5.41) is 3.62. The summed E-state index contributed by atoms with van der Waals surface area (Å²) in [6.45, 7) is 1.80. The van der Waals surface area contributed by atoms with Crippen molar-refractivity contribution >= 4 is 34.8 Å². The van der Waals surface area contributed by atoms with Crippen molar-refractivity contribution in [1.82, 2.24) is 0 Å². The van der Waals surface area contributed by atoms with E-state index in [0.29, 0.717) is 21.3 Å². The van der Waals surface area contributed by atoms with E-state index in [-0.39, 0.29) is 12.3 Å². The van der Waals surface area contributed by atoms with Crippen LogP contribution in [0.4, 0.5) is 10.1 Å². The van der Waals surface area contributed by atoms with E-state index in [2.05, 4.69) is 5.32 Å². The number of rotatable bonds is 3. The molecule has 2 aromatic carbocycles. The highest BCUT2D eigenvalue weighted by atomic mass is 35.5. The molecule has 0 saturated carbocycles. The summed E-state index contributed by atoms with van der Waals surface area (Å²) in [7, 11) is 0. The summed E-state index contributed by atoms with van der Waals surface area (Å²) in [5.74, 6) is -0.654. The van der Waals surface area contributed by atoms with Gasteiger partial charge in [-0.2, -0.15) is 0 Å². The van der Waals surface area contributed by atoms with Crippen LogP contribution >= 0.6 is 23.2 Å². The number of anilines is 1. The first-order valence-electron chi connectivity index (χ1n) is 5.95. The van der Waals surface area contributed by atoms with Crippen LogP contribution in [-0.2, 0) is 11.2 Å². The second-order valence-corrected chi connectivity index (χ2v) is 5.26. The molecule has 0 radical (unpaired) electrons. The van der Waals surface area contributed by atoms with E-state index < -0.39 is 5.82 Å². The van der Waals surface area contributed by atoms with Gasteiger partial charge in [0.15, 0.2) is 0 Å². The van der Waals surface area contributed by atoms with Crippen LogP contribution in [0.2, 0.25) is 10.0 Å². The molecule has 20 heavy (non-hydrogen) atoms. The number of hydrogen-bond donors (Lipinski definition) is 1. The van der Waals surface area contributed by atoms with Crippen molar-refractivity contribution in [3.63, 3.8) is 0 Å². The van der Waals surface area contributed by atoms with Gasteiger partial charge in [0.05, 0.1) is 6.42 Å². The number of hydrogen-bond acceptors (Lipinski definition) is 1. The lowest BCUT2D eigenvalue weighted by molar-refractivity contribution is -0.115. The van der Waals surface area contributed by atoms with Crippen LogP contribution < -0.4 is 5.32 Å². The predicted molar refractivity (Wildman–Crippen MR) is 79.9 cm³/mol. The van der Waals surface area contributed by atoms with Gasteiger partial charge in [-0.25, -0.2) is 4.39 Å². The zero-order valence-corrected chi connectivity index (χ0v) is 12.2. The molecule has 0 aliphatic rings. The molecule has 0 fully saturated rings. The van der Waals surface area contributed by atoms with Gasteiger partial charge in [-0.05, 0) is 42.3 Å². The van der Waals surface area contributed by atoms with Crippen LogP contribution in [0.5, 0.6) is 0 Å². The van der Waals surface area contributed by atoms with Crippen molar-refractivity contribution in [2.45, 2.75) is 13.3 Å². The Morgan fingerprint density at radius 3 is 2.65 bits per heavy atom. The first-order valence-corrected chi connectivity index (χ1v) is 6.71. The van der Waals surface area contributed by atoms with Crippen molar-refractivity contribution in [3.8, 4) is 0 Å². The Kier molecular flexibility index (Phi) is 4.63. The molecule has 2 rings (SSSR count). The van der Waals surface area contributed by atoms with Crippen molar-refractivity contribution in [2.75, 3.05) is 5.32 Å². The molecule has 1 amide bonds. The standard InChI is InChI=1S/C15H12Cl2FNO/c1-9-2-5-12(18)8-14(9)19-15(20)6-10-3-4-11(16)7-13(10)17/h2-5,7-8H,6H2,1H3,(H,19,20). The molecule has 2 nitrogen and oxygen atoms in total. The number of carbonyl (C=O) groups excluding carboxylic acids is 1. The quantitative estimate of drug-likeness (QED) is 0.880. The van der Waals surface area contributed by atoms with Crippen LogP contribution in [0.25, 0.3) is 0 Å². The average molecular weight is 312 g/mol. The second-order valence-electron chi connectivity index (χ2n) is 4.42. The molecule has 1 N–H and O–H groups in total. The second kappa shape index (κ2) is 6.25. The number of carbonyl (C=O) groups is 1. The molecular formula is C15H12Cl2FNO. The maximum absolute atomic E-state index is 13.1. The van der Waals surface area contributed by atoms with Gasteiger partial charge in [-0.1, -0.05) is 35.3 Å². The van der Waals surface area contributed by atoms with Crippen LogP contribution in [0.15, 0.2) is 36.4 Å². The molecule has 0 atom stereocenters. The Morgan fingerprint density at radius 1 is 1.20 bits per heavy atom. The molecule has 0 aliphatic heterocycles. The van der Waals surface area contributed by atoms with Crippen LogP contribution in [0.3, 0.4) is 0 Å². The maximum Gasteiger partial charge on any atom is 0.228 e. The Balaban J connectivity index is 2.11. The number of halogens is 3. The largest absolute Gasteiger partial charge is 0.325 e. The molecule has 0 unspecified atom stereocenters. The summed E-state index contributed by atoms with van der Waals surface area (Å²) in [5.41, 5.74) is 1.92. The highest BCUT2D eigenvalue weighted by Crippen LogP contribution is 2.22. The van der Waals surface area contributed by atoms with Crippen LogP contribution in [0.1, 0.15) is 11.1 Å². The maximum atomic E-state index is 13.1. The molecular weight excluding hydrogens is 300 g/mol. The molecule has 0 aromatic heterocycles. The minimum absolute atomic E-state index is 0.103. The van der Waals surface area contributed by atoms with E-state index in [0.717, 1.165) is 5.56 Å². The first kappa shape index (κ1) is 14.8. The zero-order chi connectivity index (χ0) is 14.7. The smallest absolute Gasteiger partial charge is 0.228 e. The lowest BCUT2D eigenvalue weighted by Gasteiger charge is -2.09. The van der Waals surface area contributed by atoms with Gasteiger partial charge < -0.3 is 5.32 Å². The van der Waals surface area contributed by atoms with Crippen LogP contribution in [0, 0.1) is 12.7 Å². The molecule has 0 bridgehead atoms. The third kappa shape index (κ3) is 3.71. The SMILES string of the molecule is Cc1ccc(F)cc1NC(=O)Cc1ccc(Cl)cc1Cl. The summed E-state index contributed by atoms with van der Waals surface area (Å²) >= 11 is 11.8. The number of nitrogens with one attached hydrogen (secondary N) is 1. The first-order chi connectivity index (χ1) is 9.45. The molecule has 0 heterocycles. The minimum Gasteiger partial charge on any atom is -0.325 e. The van der Waals surface area contributed by atoms with Gasteiger partial charge in [0, 0.05) is 15.7 Å². The number of benzene rings is 2. The molecule has 5 heteroatoms.